The Morgan fingerprint density at radius 3 is 2.68 bits per heavy atom. The molecule has 0 aromatic heterocycles. The molecule has 3 aliphatic carbocycles. The standard InChI is InChI=1S/C17H22O5/c1-9-10-3-5-15(2,20)11(10)4-6-17(9)13(18)12-7-16(21,8-22-12)14(17)19/h10-12,20-21H,1,3-8H2,2H3/t10?,11?,12-,15+,16+,17?/m0/s1. The molecule has 2 N–H and O–H groups in total. The maximum absolute atomic E-state index is 13.0. The normalized spacial score (nSPS) is 54.1. The van der Waals surface area contributed by atoms with Gasteiger partial charge >= 0.3 is 0 Å². The van der Waals surface area contributed by atoms with E-state index in [1.54, 1.807) is 0 Å². The number of hydrogen-bond donors (Lipinski definition) is 2. The van der Waals surface area contributed by atoms with E-state index in [0.717, 1.165) is 6.42 Å². The van der Waals surface area contributed by atoms with Crippen LogP contribution in [0.5, 0.6) is 0 Å². The number of aliphatic hydroxyl groups is 2. The smallest absolute Gasteiger partial charge is 0.184 e. The van der Waals surface area contributed by atoms with E-state index < -0.39 is 28.5 Å². The van der Waals surface area contributed by atoms with Gasteiger partial charge in [-0.15, -0.1) is 0 Å². The van der Waals surface area contributed by atoms with Crippen molar-refractivity contribution in [2.24, 2.45) is 17.3 Å². The Hall–Kier alpha value is -1.04. The van der Waals surface area contributed by atoms with Gasteiger partial charge in [0.1, 0.15) is 11.5 Å². The molecule has 1 heterocycles. The minimum Gasteiger partial charge on any atom is -0.390 e. The fraction of sp³-hybridized carbons (Fsp3) is 0.765. The van der Waals surface area contributed by atoms with Gasteiger partial charge in [0.2, 0.25) is 0 Å². The molecule has 4 fully saturated rings. The average Bonchev–Trinajstić information content (AvgIpc) is 2.98. The van der Waals surface area contributed by atoms with Crippen molar-refractivity contribution in [3.8, 4) is 0 Å². The fourth-order valence-corrected chi connectivity index (χ4v) is 5.36. The summed E-state index contributed by atoms with van der Waals surface area (Å²) in [5.74, 6) is -0.637. The zero-order valence-electron chi connectivity index (χ0n) is 12.8. The second-order valence-electron chi connectivity index (χ2n) is 7.81. The molecular formula is C17H22O5. The first kappa shape index (κ1) is 14.5. The molecule has 5 nitrogen and oxygen atoms in total. The third-order valence-electron chi connectivity index (χ3n) is 6.64. The number of fused-ring (bicyclic) bond motifs is 3. The van der Waals surface area contributed by atoms with Crippen LogP contribution in [-0.4, -0.2) is 45.7 Å². The van der Waals surface area contributed by atoms with Crippen molar-refractivity contribution in [3.05, 3.63) is 12.2 Å². The van der Waals surface area contributed by atoms with Gasteiger partial charge in [0, 0.05) is 6.42 Å². The first-order valence-electron chi connectivity index (χ1n) is 8.07. The van der Waals surface area contributed by atoms with Crippen LogP contribution in [-0.2, 0) is 14.3 Å². The molecule has 1 saturated heterocycles. The van der Waals surface area contributed by atoms with Crippen LogP contribution in [0.3, 0.4) is 0 Å². The van der Waals surface area contributed by atoms with Crippen molar-refractivity contribution in [1.29, 1.82) is 0 Å². The summed E-state index contributed by atoms with van der Waals surface area (Å²) in [6.45, 7) is 5.84. The van der Waals surface area contributed by atoms with E-state index in [1.165, 1.54) is 0 Å². The molecule has 1 spiro atoms. The zero-order chi connectivity index (χ0) is 15.9. The van der Waals surface area contributed by atoms with Gasteiger partial charge in [0.25, 0.3) is 0 Å². The second-order valence-corrected chi connectivity index (χ2v) is 7.81. The van der Waals surface area contributed by atoms with Gasteiger partial charge in [-0.3, -0.25) is 9.59 Å². The van der Waals surface area contributed by atoms with E-state index in [9.17, 15) is 19.8 Å². The van der Waals surface area contributed by atoms with Crippen molar-refractivity contribution in [3.63, 3.8) is 0 Å². The summed E-state index contributed by atoms with van der Waals surface area (Å²) in [6.07, 6.45) is 1.72. The van der Waals surface area contributed by atoms with Crippen molar-refractivity contribution in [2.75, 3.05) is 6.61 Å². The highest BCUT2D eigenvalue weighted by atomic mass is 16.5. The summed E-state index contributed by atoms with van der Waals surface area (Å²) in [4.78, 5) is 25.9. The largest absolute Gasteiger partial charge is 0.390 e. The Kier molecular flexibility index (Phi) is 2.69. The molecule has 120 valence electrons. The van der Waals surface area contributed by atoms with E-state index in [2.05, 4.69) is 6.58 Å². The van der Waals surface area contributed by atoms with Gasteiger partial charge in [0.15, 0.2) is 17.2 Å². The number of carbonyl (C=O) groups excluding carboxylic acids is 2. The predicted molar refractivity (Wildman–Crippen MR) is 77.0 cm³/mol. The molecule has 4 rings (SSSR count). The minimum atomic E-state index is -1.55. The van der Waals surface area contributed by atoms with Crippen molar-refractivity contribution in [1.82, 2.24) is 0 Å². The summed E-state index contributed by atoms with van der Waals surface area (Å²) in [7, 11) is 0. The molecule has 1 aliphatic heterocycles. The van der Waals surface area contributed by atoms with E-state index >= 15 is 0 Å². The highest BCUT2D eigenvalue weighted by Crippen LogP contribution is 2.59. The van der Waals surface area contributed by atoms with Gasteiger partial charge in [-0.2, -0.15) is 0 Å². The molecule has 0 amide bonds. The van der Waals surface area contributed by atoms with Crippen LogP contribution in [0.4, 0.5) is 0 Å². The molecule has 6 atom stereocenters. The van der Waals surface area contributed by atoms with E-state index in [4.69, 9.17) is 4.74 Å². The molecule has 0 aromatic rings. The first-order chi connectivity index (χ1) is 10.2. The third-order valence-corrected chi connectivity index (χ3v) is 6.64. The molecular weight excluding hydrogens is 284 g/mol. The molecule has 0 aromatic carbocycles. The monoisotopic (exact) mass is 306 g/mol. The number of hydrogen-bond acceptors (Lipinski definition) is 5. The lowest BCUT2D eigenvalue weighted by molar-refractivity contribution is -0.158. The summed E-state index contributed by atoms with van der Waals surface area (Å²) in [5.41, 5.74) is -3.00. The van der Waals surface area contributed by atoms with Crippen LogP contribution in [0.1, 0.15) is 39.0 Å². The molecule has 22 heavy (non-hydrogen) atoms. The Morgan fingerprint density at radius 2 is 1.95 bits per heavy atom. The van der Waals surface area contributed by atoms with E-state index in [0.29, 0.717) is 24.8 Å². The Labute approximate surface area is 129 Å². The van der Waals surface area contributed by atoms with Crippen LogP contribution in [0.25, 0.3) is 0 Å². The minimum absolute atomic E-state index is 0.0299. The Balaban J connectivity index is 1.78. The number of allylic oxidation sites excluding steroid dienone is 1. The summed E-state index contributed by atoms with van der Waals surface area (Å²) < 4.78 is 5.38. The topological polar surface area (TPSA) is 83.8 Å². The molecule has 4 aliphatic rings. The molecule has 3 unspecified atom stereocenters. The highest BCUT2D eigenvalue weighted by Gasteiger charge is 2.68. The number of ketones is 2. The van der Waals surface area contributed by atoms with Crippen molar-refractivity contribution >= 4 is 11.6 Å². The van der Waals surface area contributed by atoms with Crippen LogP contribution in [0, 0.1) is 17.3 Å². The zero-order valence-corrected chi connectivity index (χ0v) is 12.8. The lowest BCUT2D eigenvalue weighted by Gasteiger charge is -2.48. The van der Waals surface area contributed by atoms with Crippen molar-refractivity contribution < 1.29 is 24.5 Å². The summed E-state index contributed by atoms with van der Waals surface area (Å²) >= 11 is 0. The van der Waals surface area contributed by atoms with Gasteiger partial charge < -0.3 is 14.9 Å². The van der Waals surface area contributed by atoms with Crippen molar-refractivity contribution in [2.45, 2.75) is 56.3 Å². The summed E-state index contributed by atoms with van der Waals surface area (Å²) in [6, 6.07) is 0. The average molecular weight is 306 g/mol. The molecule has 5 heteroatoms. The Morgan fingerprint density at radius 1 is 1.23 bits per heavy atom. The number of ether oxygens (including phenoxy) is 1. The highest BCUT2D eigenvalue weighted by molar-refractivity contribution is 6.17. The third kappa shape index (κ3) is 1.49. The second kappa shape index (κ2) is 4.08. The van der Waals surface area contributed by atoms with Crippen LogP contribution in [0.2, 0.25) is 0 Å². The quantitative estimate of drug-likeness (QED) is 0.510. The fourth-order valence-electron chi connectivity index (χ4n) is 5.36. The number of rotatable bonds is 0. The van der Waals surface area contributed by atoms with Gasteiger partial charge in [-0.05, 0) is 44.4 Å². The van der Waals surface area contributed by atoms with Crippen LogP contribution >= 0.6 is 0 Å². The number of carbonyl (C=O) groups is 2. The summed E-state index contributed by atoms with van der Waals surface area (Å²) in [5, 5.41) is 21.1. The molecule has 3 saturated carbocycles. The number of Topliss-reactive ketones (excluding diaryl/α,β-unsaturated/α-hetero) is 2. The maximum atomic E-state index is 13.0. The Bertz CT molecular complexity index is 594. The van der Waals surface area contributed by atoms with Crippen LogP contribution < -0.4 is 0 Å². The lowest BCUT2D eigenvalue weighted by atomic mass is 9.53. The molecule has 2 bridgehead atoms. The molecule has 0 radical (unpaired) electrons. The SMILES string of the molecule is C=C1C2CC[C@@](C)(O)C2CCC12C(=O)[C@@H]1C[C@@](O)(CO1)C2=O. The lowest BCUT2D eigenvalue weighted by Crippen LogP contribution is -2.61. The maximum Gasteiger partial charge on any atom is 0.184 e. The first-order valence-corrected chi connectivity index (χ1v) is 8.07. The predicted octanol–water partition coefficient (Wildman–Crippen LogP) is 0.772. The van der Waals surface area contributed by atoms with Gasteiger partial charge in [-0.25, -0.2) is 0 Å². The van der Waals surface area contributed by atoms with Gasteiger partial charge in [0.05, 0.1) is 12.2 Å². The van der Waals surface area contributed by atoms with E-state index in [-0.39, 0.29) is 30.6 Å². The van der Waals surface area contributed by atoms with Gasteiger partial charge in [-0.1, -0.05) is 12.2 Å². The van der Waals surface area contributed by atoms with E-state index in [1.807, 2.05) is 6.92 Å². The van der Waals surface area contributed by atoms with Crippen LogP contribution in [0.15, 0.2) is 12.2 Å².